The summed E-state index contributed by atoms with van der Waals surface area (Å²) < 4.78 is 21.0. The molecule has 0 bridgehead atoms. The highest BCUT2D eigenvalue weighted by molar-refractivity contribution is 5.95. The Labute approximate surface area is 138 Å². The standard InChI is InChI=1S/C17H16N2O5/c1-21-13-5-3-4-11(6-13)17(20)19-18-9-12-7-15-16(24-10-23-15)8-14(12)22-2/h3-9H,10H2,1-2H3,(H,19,20)/b18-9+. The Hall–Kier alpha value is -3.22. The number of hydrazone groups is 1. The molecule has 0 unspecified atom stereocenters. The van der Waals surface area contributed by atoms with Crippen LogP contribution >= 0.6 is 0 Å². The van der Waals surface area contributed by atoms with Gasteiger partial charge in [-0.05, 0) is 24.3 Å². The van der Waals surface area contributed by atoms with Crippen LogP contribution in [0.5, 0.6) is 23.0 Å². The maximum atomic E-state index is 12.1. The average Bonchev–Trinajstić information content (AvgIpc) is 3.08. The van der Waals surface area contributed by atoms with E-state index < -0.39 is 0 Å². The number of rotatable bonds is 5. The maximum Gasteiger partial charge on any atom is 0.271 e. The van der Waals surface area contributed by atoms with E-state index in [1.54, 1.807) is 50.6 Å². The van der Waals surface area contributed by atoms with E-state index in [1.165, 1.54) is 6.21 Å². The van der Waals surface area contributed by atoms with Gasteiger partial charge in [0.05, 0.1) is 20.4 Å². The van der Waals surface area contributed by atoms with E-state index in [9.17, 15) is 4.79 Å². The molecule has 0 spiro atoms. The zero-order chi connectivity index (χ0) is 16.9. The van der Waals surface area contributed by atoms with Crippen LogP contribution in [0.1, 0.15) is 15.9 Å². The Morgan fingerprint density at radius 1 is 1.17 bits per heavy atom. The molecule has 0 saturated heterocycles. The molecule has 7 heteroatoms. The fourth-order valence-corrected chi connectivity index (χ4v) is 2.21. The van der Waals surface area contributed by atoms with Gasteiger partial charge in [0.1, 0.15) is 11.5 Å². The van der Waals surface area contributed by atoms with Crippen molar-refractivity contribution in [1.29, 1.82) is 0 Å². The van der Waals surface area contributed by atoms with Crippen molar-refractivity contribution in [3.05, 3.63) is 47.5 Å². The summed E-state index contributed by atoms with van der Waals surface area (Å²) >= 11 is 0. The van der Waals surface area contributed by atoms with Crippen molar-refractivity contribution in [3.63, 3.8) is 0 Å². The third-order valence-electron chi connectivity index (χ3n) is 3.43. The minimum atomic E-state index is -0.343. The number of hydrogen-bond acceptors (Lipinski definition) is 6. The van der Waals surface area contributed by atoms with Crippen molar-refractivity contribution in [2.75, 3.05) is 21.0 Å². The van der Waals surface area contributed by atoms with E-state index in [0.29, 0.717) is 34.1 Å². The Morgan fingerprint density at radius 3 is 2.71 bits per heavy atom. The topological polar surface area (TPSA) is 78.4 Å². The van der Waals surface area contributed by atoms with Crippen LogP contribution in [0.4, 0.5) is 0 Å². The summed E-state index contributed by atoms with van der Waals surface area (Å²) in [5.74, 6) is 2.05. The molecular weight excluding hydrogens is 312 g/mol. The average molecular weight is 328 g/mol. The number of fused-ring (bicyclic) bond motifs is 1. The molecule has 2 aromatic carbocycles. The van der Waals surface area contributed by atoms with E-state index in [1.807, 2.05) is 0 Å². The molecule has 0 radical (unpaired) electrons. The van der Waals surface area contributed by atoms with Gasteiger partial charge >= 0.3 is 0 Å². The number of methoxy groups -OCH3 is 2. The first-order chi connectivity index (χ1) is 11.7. The molecule has 124 valence electrons. The molecular formula is C17H16N2O5. The Kier molecular flexibility index (Phi) is 4.51. The molecule has 0 fully saturated rings. The Bertz CT molecular complexity index is 789. The molecule has 1 N–H and O–H groups in total. The number of carbonyl (C=O) groups excluding carboxylic acids is 1. The first kappa shape index (κ1) is 15.7. The van der Waals surface area contributed by atoms with Crippen LogP contribution < -0.4 is 24.4 Å². The second-order valence-corrected chi connectivity index (χ2v) is 4.88. The van der Waals surface area contributed by atoms with Crippen molar-refractivity contribution >= 4 is 12.1 Å². The van der Waals surface area contributed by atoms with Gasteiger partial charge in [-0.2, -0.15) is 5.10 Å². The summed E-state index contributed by atoms with van der Waals surface area (Å²) in [7, 11) is 3.09. The zero-order valence-corrected chi connectivity index (χ0v) is 13.2. The van der Waals surface area contributed by atoms with E-state index in [0.717, 1.165) is 0 Å². The predicted octanol–water partition coefficient (Wildman–Crippen LogP) is 2.20. The highest BCUT2D eigenvalue weighted by Gasteiger charge is 2.17. The smallest absolute Gasteiger partial charge is 0.271 e. The van der Waals surface area contributed by atoms with Gasteiger partial charge in [-0.1, -0.05) is 6.07 Å². The number of amides is 1. The fourth-order valence-electron chi connectivity index (χ4n) is 2.21. The molecule has 2 aromatic rings. The molecule has 1 aliphatic rings. The molecule has 0 atom stereocenters. The number of ether oxygens (including phenoxy) is 4. The van der Waals surface area contributed by atoms with Crippen LogP contribution in [0, 0.1) is 0 Å². The van der Waals surface area contributed by atoms with Crippen molar-refractivity contribution < 1.29 is 23.7 Å². The molecule has 3 rings (SSSR count). The second-order valence-electron chi connectivity index (χ2n) is 4.88. The molecule has 0 aliphatic carbocycles. The van der Waals surface area contributed by atoms with Crippen molar-refractivity contribution in [3.8, 4) is 23.0 Å². The van der Waals surface area contributed by atoms with Crippen LogP contribution in [0.3, 0.4) is 0 Å². The molecule has 24 heavy (non-hydrogen) atoms. The zero-order valence-electron chi connectivity index (χ0n) is 13.2. The number of hydrogen-bond donors (Lipinski definition) is 1. The molecule has 1 heterocycles. The quantitative estimate of drug-likeness (QED) is 0.672. The van der Waals surface area contributed by atoms with Crippen molar-refractivity contribution in [2.24, 2.45) is 5.10 Å². The summed E-state index contributed by atoms with van der Waals surface area (Å²) in [5.41, 5.74) is 3.57. The fraction of sp³-hybridized carbons (Fsp3) is 0.176. The minimum Gasteiger partial charge on any atom is -0.497 e. The first-order valence-corrected chi connectivity index (χ1v) is 7.16. The first-order valence-electron chi connectivity index (χ1n) is 7.16. The van der Waals surface area contributed by atoms with Crippen LogP contribution in [-0.4, -0.2) is 33.1 Å². The third-order valence-corrected chi connectivity index (χ3v) is 3.43. The van der Waals surface area contributed by atoms with Crippen molar-refractivity contribution in [2.45, 2.75) is 0 Å². The molecule has 1 aliphatic heterocycles. The molecule has 7 nitrogen and oxygen atoms in total. The Morgan fingerprint density at radius 2 is 1.96 bits per heavy atom. The van der Waals surface area contributed by atoms with E-state index in [-0.39, 0.29) is 12.7 Å². The summed E-state index contributed by atoms with van der Waals surface area (Å²) in [6.07, 6.45) is 1.48. The van der Waals surface area contributed by atoms with Crippen LogP contribution in [0.15, 0.2) is 41.5 Å². The Balaban J connectivity index is 1.73. The monoisotopic (exact) mass is 328 g/mol. The predicted molar refractivity (Wildman–Crippen MR) is 87.2 cm³/mol. The van der Waals surface area contributed by atoms with Crippen molar-refractivity contribution in [1.82, 2.24) is 5.43 Å². The lowest BCUT2D eigenvalue weighted by atomic mass is 10.2. The highest BCUT2D eigenvalue weighted by Crippen LogP contribution is 2.37. The lowest BCUT2D eigenvalue weighted by Crippen LogP contribution is -2.17. The van der Waals surface area contributed by atoms with Gasteiger partial charge in [0.2, 0.25) is 6.79 Å². The summed E-state index contributed by atoms with van der Waals surface area (Å²) in [5, 5.41) is 3.97. The van der Waals surface area contributed by atoms with E-state index in [4.69, 9.17) is 18.9 Å². The number of nitrogens with one attached hydrogen (secondary N) is 1. The summed E-state index contributed by atoms with van der Waals surface area (Å²) in [6.45, 7) is 0.172. The highest BCUT2D eigenvalue weighted by atomic mass is 16.7. The lowest BCUT2D eigenvalue weighted by Gasteiger charge is -2.06. The summed E-state index contributed by atoms with van der Waals surface area (Å²) in [6, 6.07) is 10.3. The number of carbonyl (C=O) groups is 1. The van der Waals surface area contributed by atoms with Gasteiger partial charge in [0, 0.05) is 17.2 Å². The molecule has 0 saturated carbocycles. The largest absolute Gasteiger partial charge is 0.497 e. The normalized spacial score (nSPS) is 12.2. The van der Waals surface area contributed by atoms with Gasteiger partial charge < -0.3 is 18.9 Å². The van der Waals surface area contributed by atoms with Crippen LogP contribution in [0.2, 0.25) is 0 Å². The van der Waals surface area contributed by atoms with Gasteiger partial charge in [0.15, 0.2) is 11.5 Å². The van der Waals surface area contributed by atoms with Gasteiger partial charge in [-0.3, -0.25) is 4.79 Å². The second kappa shape index (κ2) is 6.91. The molecule has 1 amide bonds. The van der Waals surface area contributed by atoms with E-state index in [2.05, 4.69) is 10.5 Å². The SMILES string of the molecule is COc1cccc(C(=O)N/N=C/c2cc3c(cc2OC)OCO3)c1. The third kappa shape index (κ3) is 3.24. The van der Waals surface area contributed by atoms with Gasteiger partial charge in [-0.15, -0.1) is 0 Å². The molecule has 0 aromatic heterocycles. The van der Waals surface area contributed by atoms with Crippen LogP contribution in [-0.2, 0) is 0 Å². The minimum absolute atomic E-state index is 0.172. The van der Waals surface area contributed by atoms with Gasteiger partial charge in [-0.25, -0.2) is 5.43 Å². The summed E-state index contributed by atoms with van der Waals surface area (Å²) in [4.78, 5) is 12.1. The van der Waals surface area contributed by atoms with Crippen LogP contribution in [0.25, 0.3) is 0 Å². The number of benzene rings is 2. The lowest BCUT2D eigenvalue weighted by molar-refractivity contribution is 0.0954. The van der Waals surface area contributed by atoms with Gasteiger partial charge in [0.25, 0.3) is 5.91 Å². The number of nitrogens with zero attached hydrogens (tertiary/aromatic N) is 1. The maximum absolute atomic E-state index is 12.1. The van der Waals surface area contributed by atoms with E-state index >= 15 is 0 Å².